The van der Waals surface area contributed by atoms with Gasteiger partial charge in [-0.05, 0) is 12.1 Å². The fraction of sp³-hybridized carbons (Fsp3) is 0.0345. The molecular weight excluding hydrogens is 595 g/mol. The van der Waals surface area contributed by atoms with E-state index in [1.807, 2.05) is 60.7 Å². The predicted molar refractivity (Wildman–Crippen MR) is 164 cm³/mol. The number of H-pyrrole nitrogens is 1. The van der Waals surface area contributed by atoms with Crippen molar-refractivity contribution in [2.24, 2.45) is 0 Å². The summed E-state index contributed by atoms with van der Waals surface area (Å²) >= 11 is 12.2. The molecule has 3 aromatic carbocycles. The molecule has 210 valence electrons. The van der Waals surface area contributed by atoms with E-state index in [9.17, 15) is 8.42 Å². The summed E-state index contributed by atoms with van der Waals surface area (Å²) in [5, 5.41) is 0.493. The van der Waals surface area contributed by atoms with Crippen LogP contribution in [-0.4, -0.2) is 47.3 Å². The number of hydrogen-bond acceptors (Lipinski definition) is 8. The lowest BCUT2D eigenvalue weighted by Gasteiger charge is -2.07. The molecule has 10 nitrogen and oxygen atoms in total. The molecule has 7 aromatic rings. The van der Waals surface area contributed by atoms with E-state index in [0.29, 0.717) is 28.0 Å². The van der Waals surface area contributed by atoms with Gasteiger partial charge in [-0.15, -0.1) is 0 Å². The summed E-state index contributed by atoms with van der Waals surface area (Å²) < 4.78 is 26.8. The van der Waals surface area contributed by atoms with Gasteiger partial charge in [0.05, 0.1) is 11.2 Å². The van der Waals surface area contributed by atoms with Gasteiger partial charge >= 0.3 is 0 Å². The molecule has 0 spiro atoms. The number of aromatic amines is 1. The van der Waals surface area contributed by atoms with Gasteiger partial charge in [-0.25, -0.2) is 42.3 Å². The number of imidazole rings is 2. The number of nitrogens with zero attached hydrogens (tertiary/aromatic N) is 7. The summed E-state index contributed by atoms with van der Waals surface area (Å²) in [5.74, 6) is 0.924. The summed E-state index contributed by atoms with van der Waals surface area (Å²) in [6, 6.07) is 27.0. The molecule has 0 saturated heterocycles. The lowest BCUT2D eigenvalue weighted by atomic mass is 10.2. The minimum absolute atomic E-state index is 0. The minimum Gasteiger partial charge on any atom is -0.341 e. The lowest BCUT2D eigenvalue weighted by Crippen LogP contribution is -2.12. The van der Waals surface area contributed by atoms with Gasteiger partial charge in [0.1, 0.15) is 17.4 Å². The van der Waals surface area contributed by atoms with Crippen LogP contribution in [0.2, 0.25) is 10.3 Å². The van der Waals surface area contributed by atoms with Crippen LogP contribution in [0.4, 0.5) is 0 Å². The zero-order valence-electron chi connectivity index (χ0n) is 20.9. The second kappa shape index (κ2) is 12.0. The van der Waals surface area contributed by atoms with Crippen LogP contribution in [0.25, 0.3) is 45.1 Å². The summed E-state index contributed by atoms with van der Waals surface area (Å²) in [6.45, 7) is 0. The number of halogens is 2. The second-order valence-electron chi connectivity index (χ2n) is 8.54. The molecule has 0 fully saturated rings. The largest absolute Gasteiger partial charge is 0.341 e. The molecule has 0 aliphatic carbocycles. The average molecular weight is 618 g/mol. The maximum Gasteiger partial charge on any atom is 0.270 e. The molecule has 0 bridgehead atoms. The Labute approximate surface area is 251 Å². The first-order valence-electron chi connectivity index (χ1n) is 12.1. The molecule has 0 aliphatic rings. The van der Waals surface area contributed by atoms with Crippen molar-refractivity contribution in [2.45, 2.75) is 12.3 Å². The first-order valence-corrected chi connectivity index (χ1v) is 14.3. The molecule has 4 aromatic heterocycles. The van der Waals surface area contributed by atoms with Gasteiger partial charge in [-0.2, -0.15) is 0 Å². The predicted octanol–water partition coefficient (Wildman–Crippen LogP) is 6.69. The van der Waals surface area contributed by atoms with Crippen LogP contribution in [-0.2, 0) is 10.0 Å². The zero-order valence-corrected chi connectivity index (χ0v) is 23.3. The maximum atomic E-state index is 12.9. The van der Waals surface area contributed by atoms with Crippen LogP contribution in [0.15, 0.2) is 109 Å². The summed E-state index contributed by atoms with van der Waals surface area (Å²) in [4.78, 5) is 28.4. The van der Waals surface area contributed by atoms with Crippen LogP contribution in [0.5, 0.6) is 0 Å². The Morgan fingerprint density at radius 1 is 0.667 bits per heavy atom. The highest BCUT2D eigenvalue weighted by Gasteiger charge is 2.22. The van der Waals surface area contributed by atoms with Gasteiger partial charge < -0.3 is 4.98 Å². The zero-order chi connectivity index (χ0) is 28.4. The van der Waals surface area contributed by atoms with E-state index in [-0.39, 0.29) is 28.6 Å². The second-order valence-corrected chi connectivity index (χ2v) is 11.1. The Morgan fingerprint density at radius 3 is 1.83 bits per heavy atom. The van der Waals surface area contributed by atoms with Gasteiger partial charge in [-0.3, -0.25) is 0 Å². The summed E-state index contributed by atoms with van der Waals surface area (Å²) in [5.41, 5.74) is 3.29. The van der Waals surface area contributed by atoms with E-state index >= 15 is 0 Å². The fourth-order valence-corrected chi connectivity index (χ4v) is 5.65. The van der Waals surface area contributed by atoms with Crippen LogP contribution < -0.4 is 0 Å². The van der Waals surface area contributed by atoms with Crippen molar-refractivity contribution in [3.63, 3.8) is 0 Å². The van der Waals surface area contributed by atoms with Crippen molar-refractivity contribution in [1.82, 2.24) is 38.9 Å². The van der Waals surface area contributed by atoms with E-state index in [1.165, 1.54) is 18.5 Å². The molecule has 0 amide bonds. The van der Waals surface area contributed by atoms with Gasteiger partial charge in [-0.1, -0.05) is 109 Å². The third kappa shape index (κ3) is 5.57. The van der Waals surface area contributed by atoms with Crippen LogP contribution in [0.3, 0.4) is 0 Å². The number of fused-ring (bicyclic) bond motifs is 2. The Hall–Kier alpha value is -4.71. The van der Waals surface area contributed by atoms with Crippen molar-refractivity contribution in [3.8, 4) is 22.8 Å². The van der Waals surface area contributed by atoms with Crippen LogP contribution >= 0.6 is 23.2 Å². The molecule has 1 N–H and O–H groups in total. The quantitative estimate of drug-likeness (QED) is 0.216. The average Bonchev–Trinajstić information content (AvgIpc) is 3.67. The molecule has 13 heteroatoms. The van der Waals surface area contributed by atoms with Crippen molar-refractivity contribution >= 4 is 55.6 Å². The standard InChI is InChI=1S/C17H11ClN4O2S.C11H7ClN4.CH4/c18-15-14-17(21-16(20-15)12-7-3-1-4-8-12)22(11-19-14)25(23,24)13-9-5-2-6-10-13;12-9-8-11(14-6-13-8)16-10(15-9)7-4-2-1-3-5-7;/h1-11H;1-6H,(H,13,14,15,16);1H4. The Bertz CT molecular complexity index is 2090. The first-order chi connectivity index (χ1) is 19.9. The SMILES string of the molecule is C.Clc1nc(-c2ccccc2)nc2nc[nH]c12.O=S(=O)(c1ccccc1)n1cnc2c(Cl)nc(-c3ccccc3)nc21. The highest BCUT2D eigenvalue weighted by molar-refractivity contribution is 7.90. The molecule has 7 rings (SSSR count). The van der Waals surface area contributed by atoms with Crippen LogP contribution in [0.1, 0.15) is 7.43 Å². The Kier molecular flexibility index (Phi) is 8.25. The Morgan fingerprint density at radius 2 is 1.21 bits per heavy atom. The number of hydrogen-bond donors (Lipinski definition) is 1. The van der Waals surface area contributed by atoms with Crippen LogP contribution in [0, 0.1) is 0 Å². The minimum atomic E-state index is -3.83. The van der Waals surface area contributed by atoms with Gasteiger partial charge in [0.15, 0.2) is 33.2 Å². The van der Waals surface area contributed by atoms with Gasteiger partial charge in [0.2, 0.25) is 0 Å². The van der Waals surface area contributed by atoms with Gasteiger partial charge in [0.25, 0.3) is 10.0 Å². The third-order valence-corrected chi connectivity index (χ3v) is 8.12. The van der Waals surface area contributed by atoms with Crippen molar-refractivity contribution < 1.29 is 8.42 Å². The topological polar surface area (TPSA) is 132 Å². The molecule has 4 heterocycles. The normalized spacial score (nSPS) is 11.1. The highest BCUT2D eigenvalue weighted by atomic mass is 35.5. The van der Waals surface area contributed by atoms with E-state index in [1.54, 1.807) is 24.5 Å². The molecular formula is C29H22Cl2N8O2S. The van der Waals surface area contributed by atoms with Gasteiger partial charge in [0, 0.05) is 11.1 Å². The fourth-order valence-electron chi connectivity index (χ4n) is 3.96. The monoisotopic (exact) mass is 616 g/mol. The number of rotatable bonds is 4. The third-order valence-electron chi connectivity index (χ3n) is 5.93. The van der Waals surface area contributed by atoms with Crippen molar-refractivity contribution in [1.29, 1.82) is 0 Å². The molecule has 0 aliphatic heterocycles. The smallest absolute Gasteiger partial charge is 0.270 e. The van der Waals surface area contributed by atoms with Crippen molar-refractivity contribution in [2.75, 3.05) is 0 Å². The lowest BCUT2D eigenvalue weighted by molar-refractivity contribution is 0.588. The molecule has 0 atom stereocenters. The first kappa shape index (κ1) is 28.8. The summed E-state index contributed by atoms with van der Waals surface area (Å²) in [7, 11) is -3.83. The highest BCUT2D eigenvalue weighted by Crippen LogP contribution is 2.26. The number of aromatic nitrogens is 8. The number of benzene rings is 3. The molecule has 0 radical (unpaired) electrons. The number of nitrogens with one attached hydrogen (secondary N) is 1. The molecule has 0 unspecified atom stereocenters. The van der Waals surface area contributed by atoms with E-state index in [0.717, 1.165) is 15.1 Å². The molecule has 42 heavy (non-hydrogen) atoms. The van der Waals surface area contributed by atoms with Crippen molar-refractivity contribution in [3.05, 3.63) is 114 Å². The van der Waals surface area contributed by atoms with E-state index in [2.05, 4.69) is 34.9 Å². The maximum absolute atomic E-state index is 12.9. The van der Waals surface area contributed by atoms with E-state index < -0.39 is 10.0 Å². The molecule has 0 saturated carbocycles. The van der Waals surface area contributed by atoms with E-state index in [4.69, 9.17) is 23.2 Å². The Balaban J connectivity index is 0.000000179. The summed E-state index contributed by atoms with van der Waals surface area (Å²) in [6.07, 6.45) is 2.75.